The third kappa shape index (κ3) is 10.6. The standard InChI is InChI=1S/C22H33N5O6/c23-16(14-19(29)30)20(31)27(17(21(32)33)13-15-9-5-4-6-10-15)18(28)11-7-2-1-3-8-12-26-22(24)25/h4-6,9-10,16-17H,1-3,7-8,11-14,23H2,(H,29,30)(H,32,33)(H4,24,25,26)/t16-,17-/m0/s1. The summed E-state index contributed by atoms with van der Waals surface area (Å²) in [5, 5.41) is 28.5. The minimum Gasteiger partial charge on any atom is -0.481 e. The number of hydrogen-bond donors (Lipinski definition) is 6. The summed E-state index contributed by atoms with van der Waals surface area (Å²) in [6, 6.07) is 5.52. The summed E-state index contributed by atoms with van der Waals surface area (Å²) in [6.45, 7) is 0.581. The number of nitrogens with two attached hydrogens (primary N) is 2. The van der Waals surface area contributed by atoms with Crippen LogP contribution >= 0.6 is 0 Å². The van der Waals surface area contributed by atoms with Crippen LogP contribution in [0.15, 0.2) is 30.3 Å². The summed E-state index contributed by atoms with van der Waals surface area (Å²) < 4.78 is 0. The molecule has 0 heterocycles. The third-order valence-corrected chi connectivity index (χ3v) is 4.97. The third-order valence-electron chi connectivity index (χ3n) is 4.97. The maximum atomic E-state index is 12.9. The molecule has 2 amide bonds. The van der Waals surface area contributed by atoms with Crippen molar-refractivity contribution in [1.29, 1.82) is 5.41 Å². The van der Waals surface area contributed by atoms with Gasteiger partial charge in [-0.3, -0.25) is 24.7 Å². The molecule has 0 bridgehead atoms. The molecule has 11 nitrogen and oxygen atoms in total. The zero-order valence-corrected chi connectivity index (χ0v) is 18.5. The van der Waals surface area contributed by atoms with E-state index in [1.165, 1.54) is 0 Å². The van der Waals surface area contributed by atoms with Crippen LogP contribution in [0.1, 0.15) is 50.5 Å². The van der Waals surface area contributed by atoms with Crippen molar-refractivity contribution < 1.29 is 29.4 Å². The Labute approximate surface area is 192 Å². The highest BCUT2D eigenvalue weighted by Crippen LogP contribution is 2.16. The van der Waals surface area contributed by atoms with Crippen molar-refractivity contribution in [2.45, 2.75) is 63.5 Å². The van der Waals surface area contributed by atoms with Crippen molar-refractivity contribution in [3.05, 3.63) is 35.9 Å². The van der Waals surface area contributed by atoms with Gasteiger partial charge in [0.05, 0.1) is 12.5 Å². The first kappa shape index (κ1) is 27.6. The molecule has 0 aliphatic rings. The van der Waals surface area contributed by atoms with Crippen molar-refractivity contribution in [2.24, 2.45) is 11.5 Å². The van der Waals surface area contributed by atoms with Gasteiger partial charge in [0.15, 0.2) is 5.96 Å². The van der Waals surface area contributed by atoms with E-state index in [2.05, 4.69) is 5.32 Å². The van der Waals surface area contributed by atoms with Crippen LogP contribution in [0.25, 0.3) is 0 Å². The minimum absolute atomic E-state index is 0.0597. The molecule has 0 radical (unpaired) electrons. The fraction of sp³-hybridized carbons (Fsp3) is 0.500. The van der Waals surface area contributed by atoms with Gasteiger partial charge in [0, 0.05) is 19.4 Å². The largest absolute Gasteiger partial charge is 0.481 e. The first-order valence-electron chi connectivity index (χ1n) is 10.8. The van der Waals surface area contributed by atoms with Gasteiger partial charge in [-0.1, -0.05) is 49.6 Å². The van der Waals surface area contributed by atoms with Crippen molar-refractivity contribution in [3.8, 4) is 0 Å². The van der Waals surface area contributed by atoms with Crippen molar-refractivity contribution in [1.82, 2.24) is 10.2 Å². The molecule has 182 valence electrons. The number of nitrogens with one attached hydrogen (secondary N) is 2. The molecule has 0 aromatic heterocycles. The quantitative estimate of drug-likeness (QED) is 0.123. The van der Waals surface area contributed by atoms with Crippen LogP contribution in [0, 0.1) is 5.41 Å². The van der Waals surface area contributed by atoms with Gasteiger partial charge in [-0.2, -0.15) is 0 Å². The number of benzene rings is 1. The van der Waals surface area contributed by atoms with Crippen LogP contribution in [0.3, 0.4) is 0 Å². The number of nitrogens with zero attached hydrogens (tertiary/aromatic N) is 1. The van der Waals surface area contributed by atoms with Crippen LogP contribution in [0.2, 0.25) is 0 Å². The summed E-state index contributed by atoms with van der Waals surface area (Å²) in [6.07, 6.45) is 2.71. The molecule has 0 aliphatic heterocycles. The Morgan fingerprint density at radius 2 is 1.61 bits per heavy atom. The predicted molar refractivity (Wildman–Crippen MR) is 121 cm³/mol. The fourth-order valence-electron chi connectivity index (χ4n) is 3.31. The normalized spacial score (nSPS) is 12.4. The number of unbranched alkanes of at least 4 members (excludes halogenated alkanes) is 4. The number of aliphatic carboxylic acids is 2. The predicted octanol–water partition coefficient (Wildman–Crippen LogP) is 0.663. The molecule has 1 rings (SSSR count). The first-order chi connectivity index (χ1) is 15.6. The van der Waals surface area contributed by atoms with E-state index in [4.69, 9.17) is 22.0 Å². The molecule has 33 heavy (non-hydrogen) atoms. The summed E-state index contributed by atoms with van der Waals surface area (Å²) >= 11 is 0. The lowest BCUT2D eigenvalue weighted by atomic mass is 10.0. The molecule has 0 spiro atoms. The van der Waals surface area contributed by atoms with Gasteiger partial charge in [-0.05, 0) is 18.4 Å². The van der Waals surface area contributed by atoms with Crippen LogP contribution in [-0.4, -0.2) is 63.5 Å². The van der Waals surface area contributed by atoms with E-state index < -0.39 is 42.3 Å². The zero-order chi connectivity index (χ0) is 24.8. The molecule has 2 atom stereocenters. The van der Waals surface area contributed by atoms with E-state index in [9.17, 15) is 24.3 Å². The highest BCUT2D eigenvalue weighted by molar-refractivity contribution is 6.02. The molecule has 1 aromatic rings. The van der Waals surface area contributed by atoms with Gasteiger partial charge in [-0.15, -0.1) is 0 Å². The molecule has 0 fully saturated rings. The van der Waals surface area contributed by atoms with Crippen molar-refractivity contribution in [3.63, 3.8) is 0 Å². The molecule has 0 saturated carbocycles. The number of imide groups is 1. The van der Waals surface area contributed by atoms with Crippen LogP contribution in [0.4, 0.5) is 0 Å². The van der Waals surface area contributed by atoms with Crippen molar-refractivity contribution >= 4 is 29.7 Å². The van der Waals surface area contributed by atoms with E-state index in [0.29, 0.717) is 29.8 Å². The Morgan fingerprint density at radius 1 is 1.00 bits per heavy atom. The number of amides is 2. The number of carboxylic acids is 2. The summed E-state index contributed by atoms with van der Waals surface area (Å²) in [4.78, 5) is 49.3. The Balaban J connectivity index is 2.82. The smallest absolute Gasteiger partial charge is 0.327 e. The summed E-state index contributed by atoms with van der Waals surface area (Å²) in [7, 11) is 0. The Morgan fingerprint density at radius 3 is 2.18 bits per heavy atom. The maximum absolute atomic E-state index is 12.9. The lowest BCUT2D eigenvalue weighted by Crippen LogP contribution is -2.55. The molecule has 1 aromatic carbocycles. The van der Waals surface area contributed by atoms with Crippen LogP contribution in [-0.2, 0) is 25.6 Å². The Kier molecular flexibility index (Phi) is 12.2. The fourth-order valence-corrected chi connectivity index (χ4v) is 3.31. The molecule has 0 saturated heterocycles. The zero-order valence-electron chi connectivity index (χ0n) is 18.5. The van der Waals surface area contributed by atoms with E-state index >= 15 is 0 Å². The van der Waals surface area contributed by atoms with E-state index in [1.807, 2.05) is 0 Å². The number of rotatable bonds is 15. The average Bonchev–Trinajstić information content (AvgIpc) is 2.74. The van der Waals surface area contributed by atoms with Gasteiger partial charge < -0.3 is 27.0 Å². The molecule has 0 aliphatic carbocycles. The van der Waals surface area contributed by atoms with Gasteiger partial charge in [-0.25, -0.2) is 4.79 Å². The van der Waals surface area contributed by atoms with E-state index in [0.717, 1.165) is 19.3 Å². The number of hydrogen-bond acceptors (Lipinski definition) is 6. The average molecular weight is 464 g/mol. The van der Waals surface area contributed by atoms with Crippen molar-refractivity contribution in [2.75, 3.05) is 6.54 Å². The number of carbonyl (C=O) groups is 4. The highest BCUT2D eigenvalue weighted by atomic mass is 16.4. The SMILES string of the molecule is N=C(N)NCCCCCCCC(=O)N(C(=O)[C@@H](N)CC(=O)O)[C@@H](Cc1ccccc1)C(=O)O. The number of carboxylic acid groups (broad SMARTS) is 2. The number of guanidine groups is 1. The minimum atomic E-state index is -1.53. The lowest BCUT2D eigenvalue weighted by molar-refractivity contribution is -0.159. The molecular weight excluding hydrogens is 430 g/mol. The summed E-state index contributed by atoms with van der Waals surface area (Å²) in [5.74, 6) is -4.49. The van der Waals surface area contributed by atoms with Crippen LogP contribution < -0.4 is 16.8 Å². The second-order valence-corrected chi connectivity index (χ2v) is 7.71. The molecular formula is C22H33N5O6. The topological polar surface area (TPSA) is 200 Å². The van der Waals surface area contributed by atoms with Gasteiger partial charge in [0.2, 0.25) is 11.8 Å². The van der Waals surface area contributed by atoms with Crippen LogP contribution in [0.5, 0.6) is 0 Å². The lowest BCUT2D eigenvalue weighted by Gasteiger charge is -2.29. The molecule has 8 N–H and O–H groups in total. The second-order valence-electron chi connectivity index (χ2n) is 7.71. The van der Waals surface area contributed by atoms with Gasteiger partial charge >= 0.3 is 11.9 Å². The second kappa shape index (κ2) is 14.6. The highest BCUT2D eigenvalue weighted by Gasteiger charge is 2.37. The maximum Gasteiger partial charge on any atom is 0.327 e. The number of carbonyl (C=O) groups excluding carboxylic acids is 2. The van der Waals surface area contributed by atoms with Gasteiger partial charge in [0.25, 0.3) is 0 Å². The molecule has 0 unspecified atom stereocenters. The van der Waals surface area contributed by atoms with E-state index in [-0.39, 0.29) is 18.8 Å². The first-order valence-corrected chi connectivity index (χ1v) is 10.8. The van der Waals surface area contributed by atoms with E-state index in [1.54, 1.807) is 30.3 Å². The Bertz CT molecular complexity index is 817. The van der Waals surface area contributed by atoms with Gasteiger partial charge in [0.1, 0.15) is 6.04 Å². The monoisotopic (exact) mass is 463 g/mol. The Hall–Kier alpha value is -3.47. The summed E-state index contributed by atoms with van der Waals surface area (Å²) in [5.41, 5.74) is 11.5. The molecule has 11 heteroatoms.